The number of rotatable bonds is 4. The van der Waals surface area contributed by atoms with Gasteiger partial charge < -0.3 is 9.84 Å². The summed E-state index contributed by atoms with van der Waals surface area (Å²) in [5.41, 5.74) is 4.53. The molecule has 0 amide bonds. The Morgan fingerprint density at radius 1 is 1.40 bits per heavy atom. The Morgan fingerprint density at radius 2 is 2.24 bits per heavy atom. The first kappa shape index (κ1) is 16.9. The Labute approximate surface area is 151 Å². The van der Waals surface area contributed by atoms with Crippen LogP contribution in [-0.2, 0) is 6.42 Å². The lowest BCUT2D eigenvalue weighted by atomic mass is 9.54. The Kier molecular flexibility index (Phi) is 4.27. The van der Waals surface area contributed by atoms with Crippen LogP contribution >= 0.6 is 0 Å². The molecule has 1 saturated carbocycles. The Morgan fingerprint density at radius 3 is 3.00 bits per heavy atom. The largest absolute Gasteiger partial charge is 0.497 e. The van der Waals surface area contributed by atoms with Gasteiger partial charge in [-0.3, -0.25) is 0 Å². The smallest absolute Gasteiger partial charge is 0.119 e. The van der Waals surface area contributed by atoms with Crippen LogP contribution in [0, 0.1) is 17.3 Å². The fourth-order valence-electron chi connectivity index (χ4n) is 5.81. The van der Waals surface area contributed by atoms with Gasteiger partial charge in [-0.2, -0.15) is 0 Å². The van der Waals surface area contributed by atoms with Gasteiger partial charge >= 0.3 is 0 Å². The third kappa shape index (κ3) is 2.57. The SMILES string of the molecule is C=CCC[C@@H]1Cc2cc(OC)ccc2[C@H]2CC[C@@]3(C)C(=CC[C@@H]3O)[C@H]12. The predicted octanol–water partition coefficient (Wildman–Crippen LogP) is 5.02. The molecular weight excluding hydrogens is 308 g/mol. The van der Waals surface area contributed by atoms with E-state index in [0.717, 1.165) is 31.4 Å². The van der Waals surface area contributed by atoms with E-state index in [1.807, 2.05) is 0 Å². The summed E-state index contributed by atoms with van der Waals surface area (Å²) in [7, 11) is 1.75. The van der Waals surface area contributed by atoms with Crippen LogP contribution in [0.3, 0.4) is 0 Å². The maximum absolute atomic E-state index is 10.6. The first-order valence-electron chi connectivity index (χ1n) is 9.74. The van der Waals surface area contributed by atoms with Crippen molar-refractivity contribution in [1.29, 1.82) is 0 Å². The normalized spacial score (nSPS) is 36.0. The third-order valence-electron chi connectivity index (χ3n) is 7.20. The van der Waals surface area contributed by atoms with E-state index in [1.165, 1.54) is 24.0 Å². The molecule has 4 rings (SSSR count). The fourth-order valence-corrected chi connectivity index (χ4v) is 5.81. The standard InChI is InChI=1S/C23H30O2/c1-4-5-6-15-13-16-14-17(25-3)7-8-18(16)19-11-12-23(2)20(22(15)19)9-10-21(23)24/h4,7-9,14-15,19,21-22,24H,1,5-6,10-13H2,2-3H3/t15-,19-,21+,22-,23+/m1/s1. The summed E-state index contributed by atoms with van der Waals surface area (Å²) in [6, 6.07) is 6.66. The van der Waals surface area contributed by atoms with Gasteiger partial charge in [-0.1, -0.05) is 30.7 Å². The molecule has 1 aromatic rings. The number of hydrogen-bond acceptors (Lipinski definition) is 2. The van der Waals surface area contributed by atoms with E-state index in [4.69, 9.17) is 4.74 Å². The highest BCUT2D eigenvalue weighted by Crippen LogP contribution is 2.60. The maximum atomic E-state index is 10.6. The van der Waals surface area contributed by atoms with Crippen molar-refractivity contribution < 1.29 is 9.84 Å². The number of allylic oxidation sites excluding steroid dienone is 1. The van der Waals surface area contributed by atoms with E-state index < -0.39 is 0 Å². The van der Waals surface area contributed by atoms with E-state index in [1.54, 1.807) is 12.7 Å². The van der Waals surface area contributed by atoms with Crippen LogP contribution in [0.5, 0.6) is 5.75 Å². The first-order valence-corrected chi connectivity index (χ1v) is 9.74. The van der Waals surface area contributed by atoms with E-state index in [0.29, 0.717) is 17.8 Å². The molecule has 2 heteroatoms. The topological polar surface area (TPSA) is 29.5 Å². The average molecular weight is 338 g/mol. The zero-order valence-corrected chi connectivity index (χ0v) is 15.5. The van der Waals surface area contributed by atoms with Crippen molar-refractivity contribution in [1.82, 2.24) is 0 Å². The lowest BCUT2D eigenvalue weighted by Gasteiger charge is -2.50. The van der Waals surface area contributed by atoms with E-state index >= 15 is 0 Å². The molecule has 1 fully saturated rings. The summed E-state index contributed by atoms with van der Waals surface area (Å²) in [6.07, 6.45) is 10.7. The summed E-state index contributed by atoms with van der Waals surface area (Å²) >= 11 is 0. The zero-order chi connectivity index (χ0) is 17.6. The maximum Gasteiger partial charge on any atom is 0.119 e. The van der Waals surface area contributed by atoms with Crippen LogP contribution in [0.25, 0.3) is 0 Å². The van der Waals surface area contributed by atoms with Gasteiger partial charge in [-0.25, -0.2) is 0 Å². The molecule has 0 aliphatic heterocycles. The second kappa shape index (κ2) is 6.32. The molecule has 5 atom stereocenters. The van der Waals surface area contributed by atoms with Crippen molar-refractivity contribution in [2.24, 2.45) is 17.3 Å². The van der Waals surface area contributed by atoms with Crippen molar-refractivity contribution in [2.45, 2.75) is 57.5 Å². The van der Waals surface area contributed by atoms with Crippen LogP contribution in [0.1, 0.15) is 56.1 Å². The van der Waals surface area contributed by atoms with Crippen LogP contribution in [0.15, 0.2) is 42.5 Å². The van der Waals surface area contributed by atoms with Crippen molar-refractivity contribution in [3.8, 4) is 5.75 Å². The molecule has 0 spiro atoms. The number of fused-ring (bicyclic) bond motifs is 5. The van der Waals surface area contributed by atoms with Gasteiger partial charge in [-0.05, 0) is 79.5 Å². The minimum absolute atomic E-state index is 0.00241. The van der Waals surface area contributed by atoms with Crippen molar-refractivity contribution in [3.05, 3.63) is 53.6 Å². The van der Waals surface area contributed by atoms with Gasteiger partial charge in [0.1, 0.15) is 5.75 Å². The minimum Gasteiger partial charge on any atom is -0.497 e. The molecule has 3 aliphatic carbocycles. The molecular formula is C23H30O2. The van der Waals surface area contributed by atoms with Gasteiger partial charge in [0.15, 0.2) is 0 Å². The van der Waals surface area contributed by atoms with Crippen molar-refractivity contribution >= 4 is 0 Å². The molecule has 2 nitrogen and oxygen atoms in total. The number of ether oxygens (including phenoxy) is 1. The molecule has 25 heavy (non-hydrogen) atoms. The Hall–Kier alpha value is -1.54. The number of methoxy groups -OCH3 is 1. The molecule has 3 aliphatic rings. The van der Waals surface area contributed by atoms with Gasteiger partial charge in [0, 0.05) is 5.41 Å². The molecule has 0 aromatic heterocycles. The fraction of sp³-hybridized carbons (Fsp3) is 0.565. The second-order valence-corrected chi connectivity index (χ2v) is 8.39. The zero-order valence-electron chi connectivity index (χ0n) is 15.5. The molecule has 0 saturated heterocycles. The van der Waals surface area contributed by atoms with E-state index in [2.05, 4.69) is 43.9 Å². The van der Waals surface area contributed by atoms with Crippen LogP contribution in [0.2, 0.25) is 0 Å². The first-order chi connectivity index (χ1) is 12.1. The molecule has 1 aromatic carbocycles. The molecule has 1 N–H and O–H groups in total. The lowest BCUT2D eigenvalue weighted by Crippen LogP contribution is -2.43. The van der Waals surface area contributed by atoms with E-state index in [9.17, 15) is 5.11 Å². The predicted molar refractivity (Wildman–Crippen MR) is 102 cm³/mol. The van der Waals surface area contributed by atoms with Gasteiger partial charge in [-0.15, -0.1) is 6.58 Å². The number of hydrogen-bond donors (Lipinski definition) is 1. The number of aliphatic hydroxyl groups excluding tert-OH is 1. The van der Waals surface area contributed by atoms with Crippen molar-refractivity contribution in [3.63, 3.8) is 0 Å². The summed E-state index contributed by atoms with van der Waals surface area (Å²) < 4.78 is 5.47. The Bertz CT molecular complexity index is 704. The highest BCUT2D eigenvalue weighted by atomic mass is 16.5. The third-order valence-corrected chi connectivity index (χ3v) is 7.20. The summed E-state index contributed by atoms with van der Waals surface area (Å²) in [5.74, 6) is 2.78. The van der Waals surface area contributed by atoms with Gasteiger partial charge in [0.25, 0.3) is 0 Å². The molecule has 0 radical (unpaired) electrons. The van der Waals surface area contributed by atoms with Crippen molar-refractivity contribution in [2.75, 3.05) is 7.11 Å². The molecule has 0 bridgehead atoms. The van der Waals surface area contributed by atoms with Crippen LogP contribution in [-0.4, -0.2) is 18.3 Å². The summed E-state index contributed by atoms with van der Waals surface area (Å²) in [6.45, 7) is 6.23. The van der Waals surface area contributed by atoms with Crippen LogP contribution in [0.4, 0.5) is 0 Å². The second-order valence-electron chi connectivity index (χ2n) is 8.39. The van der Waals surface area contributed by atoms with E-state index in [-0.39, 0.29) is 11.5 Å². The monoisotopic (exact) mass is 338 g/mol. The highest BCUT2D eigenvalue weighted by Gasteiger charge is 2.52. The quantitative estimate of drug-likeness (QED) is 0.781. The Balaban J connectivity index is 1.76. The minimum atomic E-state index is -0.194. The molecule has 0 unspecified atom stereocenters. The van der Waals surface area contributed by atoms with Crippen LogP contribution < -0.4 is 4.74 Å². The lowest BCUT2D eigenvalue weighted by molar-refractivity contribution is 0.0388. The number of benzene rings is 1. The van der Waals surface area contributed by atoms with Gasteiger partial charge in [0.2, 0.25) is 0 Å². The number of aliphatic hydroxyl groups is 1. The molecule has 134 valence electrons. The average Bonchev–Trinajstić information content (AvgIpc) is 2.94. The van der Waals surface area contributed by atoms with Gasteiger partial charge in [0.05, 0.1) is 13.2 Å². The summed E-state index contributed by atoms with van der Waals surface area (Å²) in [4.78, 5) is 0. The molecule has 0 heterocycles. The highest BCUT2D eigenvalue weighted by molar-refractivity contribution is 5.44. The summed E-state index contributed by atoms with van der Waals surface area (Å²) in [5, 5.41) is 10.6.